The molecule has 0 bridgehead atoms. The van der Waals surface area contributed by atoms with Crippen molar-refractivity contribution < 1.29 is 4.92 Å². The maximum Gasteiger partial charge on any atom is 0.271 e. The molecule has 1 aliphatic carbocycles. The Morgan fingerprint density at radius 1 is 1.40 bits per heavy atom. The zero-order valence-electron chi connectivity index (χ0n) is 10.6. The van der Waals surface area contributed by atoms with Gasteiger partial charge in [-0.05, 0) is 52.9 Å². The molecule has 1 aromatic heterocycles. The van der Waals surface area contributed by atoms with Crippen molar-refractivity contribution >= 4 is 38.6 Å². The van der Waals surface area contributed by atoms with E-state index in [4.69, 9.17) is 0 Å². The van der Waals surface area contributed by atoms with E-state index in [9.17, 15) is 10.1 Å². The molecule has 1 atom stereocenters. The van der Waals surface area contributed by atoms with Crippen LogP contribution in [0.15, 0.2) is 34.1 Å². The number of thiophene rings is 1. The van der Waals surface area contributed by atoms with Crippen LogP contribution in [-0.4, -0.2) is 4.92 Å². The van der Waals surface area contributed by atoms with Crippen LogP contribution in [0.2, 0.25) is 0 Å². The average Bonchev–Trinajstić information content (AvgIpc) is 2.80. The molecule has 1 N–H and O–H groups in total. The van der Waals surface area contributed by atoms with Gasteiger partial charge in [-0.15, -0.1) is 11.3 Å². The van der Waals surface area contributed by atoms with Gasteiger partial charge >= 0.3 is 0 Å². The van der Waals surface area contributed by atoms with Gasteiger partial charge in [0.05, 0.1) is 14.8 Å². The first-order valence-electron chi connectivity index (χ1n) is 6.42. The Hall–Kier alpha value is -1.40. The van der Waals surface area contributed by atoms with Gasteiger partial charge in [-0.1, -0.05) is 6.07 Å². The number of nitro benzene ring substituents is 1. The largest absolute Gasteiger partial charge is 0.378 e. The number of anilines is 1. The highest BCUT2D eigenvalue weighted by atomic mass is 79.9. The van der Waals surface area contributed by atoms with Gasteiger partial charge in [0.1, 0.15) is 0 Å². The zero-order chi connectivity index (χ0) is 14.1. The van der Waals surface area contributed by atoms with Crippen LogP contribution in [0.25, 0.3) is 0 Å². The predicted octanol–water partition coefficient (Wildman–Crippen LogP) is 4.91. The van der Waals surface area contributed by atoms with E-state index in [1.807, 2.05) is 6.07 Å². The number of non-ortho nitro benzene ring substituents is 1. The van der Waals surface area contributed by atoms with Crippen LogP contribution >= 0.6 is 27.3 Å². The van der Waals surface area contributed by atoms with Crippen LogP contribution in [0.5, 0.6) is 0 Å². The molecule has 1 aliphatic rings. The van der Waals surface area contributed by atoms with E-state index in [1.54, 1.807) is 23.5 Å². The summed E-state index contributed by atoms with van der Waals surface area (Å²) in [6.07, 6.45) is 3.32. The number of nitrogens with one attached hydrogen (secondary N) is 1. The second-order valence-electron chi connectivity index (χ2n) is 4.83. The molecule has 0 fully saturated rings. The summed E-state index contributed by atoms with van der Waals surface area (Å²) in [4.78, 5) is 11.9. The van der Waals surface area contributed by atoms with Crippen LogP contribution in [-0.2, 0) is 6.42 Å². The van der Waals surface area contributed by atoms with Crippen molar-refractivity contribution in [2.24, 2.45) is 0 Å². The van der Waals surface area contributed by atoms with Crippen molar-refractivity contribution in [1.29, 1.82) is 0 Å². The maximum atomic E-state index is 10.8. The number of halogens is 1. The Kier molecular flexibility index (Phi) is 3.76. The van der Waals surface area contributed by atoms with Gasteiger partial charge in [0, 0.05) is 22.7 Å². The topological polar surface area (TPSA) is 55.2 Å². The quantitative estimate of drug-likeness (QED) is 0.630. The summed E-state index contributed by atoms with van der Waals surface area (Å²) in [5.74, 6) is 0. The van der Waals surface area contributed by atoms with Crippen LogP contribution < -0.4 is 5.32 Å². The Bertz CT molecular complexity index is 656. The Morgan fingerprint density at radius 3 is 3.05 bits per heavy atom. The van der Waals surface area contributed by atoms with Crippen molar-refractivity contribution in [2.45, 2.75) is 25.3 Å². The third-order valence-corrected chi connectivity index (χ3v) is 5.20. The number of nitrogens with zero attached hydrogens (tertiary/aromatic N) is 1. The third-order valence-electron chi connectivity index (χ3n) is 3.48. The molecule has 2 aromatic rings. The van der Waals surface area contributed by atoms with Crippen LogP contribution in [0.1, 0.15) is 29.3 Å². The average molecular weight is 353 g/mol. The molecule has 1 heterocycles. The molecular weight excluding hydrogens is 340 g/mol. The molecule has 0 saturated carbocycles. The molecule has 104 valence electrons. The molecule has 0 aliphatic heterocycles. The van der Waals surface area contributed by atoms with Crippen molar-refractivity contribution in [3.63, 3.8) is 0 Å². The van der Waals surface area contributed by atoms with Crippen molar-refractivity contribution in [1.82, 2.24) is 0 Å². The van der Waals surface area contributed by atoms with Gasteiger partial charge in [-0.3, -0.25) is 10.1 Å². The third kappa shape index (κ3) is 2.71. The minimum atomic E-state index is -0.362. The smallest absolute Gasteiger partial charge is 0.271 e. The fraction of sp³-hybridized carbons (Fsp3) is 0.286. The van der Waals surface area contributed by atoms with E-state index < -0.39 is 0 Å². The lowest BCUT2D eigenvalue weighted by Gasteiger charge is -2.24. The lowest BCUT2D eigenvalue weighted by atomic mass is 9.94. The van der Waals surface area contributed by atoms with Crippen molar-refractivity contribution in [3.8, 4) is 0 Å². The first kappa shape index (κ1) is 13.6. The summed E-state index contributed by atoms with van der Waals surface area (Å²) >= 11 is 5.32. The fourth-order valence-corrected chi connectivity index (χ4v) is 4.40. The summed E-state index contributed by atoms with van der Waals surface area (Å²) in [5.41, 5.74) is 2.25. The number of aryl methyl sites for hydroxylation is 1. The van der Waals surface area contributed by atoms with Gasteiger partial charge in [-0.2, -0.15) is 0 Å². The molecule has 6 heteroatoms. The molecule has 1 aromatic carbocycles. The summed E-state index contributed by atoms with van der Waals surface area (Å²) in [6.45, 7) is 0. The van der Waals surface area contributed by atoms with E-state index in [1.165, 1.54) is 16.5 Å². The molecule has 20 heavy (non-hydrogen) atoms. The highest BCUT2D eigenvalue weighted by Crippen LogP contribution is 2.39. The Morgan fingerprint density at radius 2 is 2.25 bits per heavy atom. The monoisotopic (exact) mass is 352 g/mol. The summed E-state index contributed by atoms with van der Waals surface area (Å²) < 4.78 is 1.15. The van der Waals surface area contributed by atoms with Gasteiger partial charge in [-0.25, -0.2) is 0 Å². The first-order valence-corrected chi connectivity index (χ1v) is 8.03. The molecule has 4 nitrogen and oxygen atoms in total. The molecule has 0 spiro atoms. The van der Waals surface area contributed by atoms with E-state index in [2.05, 4.69) is 27.3 Å². The van der Waals surface area contributed by atoms with Crippen LogP contribution in [0.3, 0.4) is 0 Å². The SMILES string of the molecule is O=[N+]([O-])c1cccc(NC2CCCc3sc(Br)cc32)c1. The number of nitro groups is 1. The normalized spacial score (nSPS) is 17.6. The summed E-state index contributed by atoms with van der Waals surface area (Å²) in [6, 6.07) is 9.10. The van der Waals surface area contributed by atoms with Gasteiger partial charge < -0.3 is 5.32 Å². The van der Waals surface area contributed by atoms with E-state index in [-0.39, 0.29) is 16.7 Å². The number of benzene rings is 1. The van der Waals surface area contributed by atoms with Gasteiger partial charge in [0.15, 0.2) is 0 Å². The highest BCUT2D eigenvalue weighted by Gasteiger charge is 2.22. The van der Waals surface area contributed by atoms with Crippen LogP contribution in [0.4, 0.5) is 11.4 Å². The number of fused-ring (bicyclic) bond motifs is 1. The number of hydrogen-bond donors (Lipinski definition) is 1. The maximum absolute atomic E-state index is 10.8. The van der Waals surface area contributed by atoms with E-state index >= 15 is 0 Å². The van der Waals surface area contributed by atoms with Crippen molar-refractivity contribution in [2.75, 3.05) is 5.32 Å². The fourth-order valence-electron chi connectivity index (χ4n) is 2.58. The first-order chi connectivity index (χ1) is 9.63. The summed E-state index contributed by atoms with van der Waals surface area (Å²) in [7, 11) is 0. The second-order valence-corrected chi connectivity index (χ2v) is 7.34. The van der Waals surface area contributed by atoms with Gasteiger partial charge in [0.2, 0.25) is 0 Å². The molecule has 3 rings (SSSR count). The minimum Gasteiger partial charge on any atom is -0.378 e. The Balaban J connectivity index is 1.85. The number of rotatable bonds is 3. The second kappa shape index (κ2) is 5.54. The van der Waals surface area contributed by atoms with E-state index in [0.29, 0.717) is 0 Å². The molecule has 1 unspecified atom stereocenters. The standard InChI is InChI=1S/C14H13BrN2O2S/c15-14-8-11-12(5-2-6-13(11)20-14)16-9-3-1-4-10(7-9)17(18)19/h1,3-4,7-8,12,16H,2,5-6H2. The molecule has 0 amide bonds. The summed E-state index contributed by atoms with van der Waals surface area (Å²) in [5, 5.41) is 14.2. The zero-order valence-corrected chi connectivity index (χ0v) is 13.0. The van der Waals surface area contributed by atoms with Gasteiger partial charge in [0.25, 0.3) is 5.69 Å². The van der Waals surface area contributed by atoms with Crippen molar-refractivity contribution in [3.05, 3.63) is 54.7 Å². The lowest BCUT2D eigenvalue weighted by molar-refractivity contribution is -0.384. The molecule has 0 radical (unpaired) electrons. The molecule has 0 saturated heterocycles. The predicted molar refractivity (Wildman–Crippen MR) is 84.4 cm³/mol. The minimum absolute atomic E-state index is 0.123. The number of hydrogen-bond acceptors (Lipinski definition) is 4. The Labute approximate surface area is 129 Å². The highest BCUT2D eigenvalue weighted by molar-refractivity contribution is 9.11. The molecular formula is C14H13BrN2O2S. The lowest BCUT2D eigenvalue weighted by Crippen LogP contribution is -2.15. The van der Waals surface area contributed by atoms with Crippen LogP contribution in [0, 0.1) is 10.1 Å². The van der Waals surface area contributed by atoms with E-state index in [0.717, 1.165) is 28.7 Å².